The van der Waals surface area contributed by atoms with Crippen molar-refractivity contribution in [1.29, 1.82) is 0 Å². The van der Waals surface area contributed by atoms with Crippen LogP contribution in [0.1, 0.15) is 22.8 Å². The lowest BCUT2D eigenvalue weighted by molar-refractivity contribution is -0.122. The largest absolute Gasteiger partial charge is 0.479 e. The summed E-state index contributed by atoms with van der Waals surface area (Å²) >= 11 is 0. The van der Waals surface area contributed by atoms with Gasteiger partial charge in [-0.1, -0.05) is 0 Å². The second kappa shape index (κ2) is 5.85. The smallest absolute Gasteiger partial charge is 0.265 e. The van der Waals surface area contributed by atoms with Crippen LogP contribution in [0.2, 0.25) is 0 Å². The first kappa shape index (κ1) is 14.1. The predicted octanol–water partition coefficient (Wildman–Crippen LogP) is 1.73. The summed E-state index contributed by atoms with van der Waals surface area (Å²) in [6.45, 7) is 2.08. The van der Waals surface area contributed by atoms with Crippen LogP contribution in [0.5, 0.6) is 5.75 Å². The van der Waals surface area contributed by atoms with Crippen LogP contribution in [0.15, 0.2) is 42.7 Å². The molecule has 1 atom stereocenters. The number of aromatic nitrogens is 1. The summed E-state index contributed by atoms with van der Waals surface area (Å²) in [5.74, 6) is 0.110. The van der Waals surface area contributed by atoms with Crippen LogP contribution in [0.3, 0.4) is 0 Å². The molecule has 2 aromatic rings. The third-order valence-corrected chi connectivity index (χ3v) is 3.38. The van der Waals surface area contributed by atoms with Gasteiger partial charge < -0.3 is 15.4 Å². The third-order valence-electron chi connectivity index (χ3n) is 3.38. The number of pyridine rings is 1. The van der Waals surface area contributed by atoms with E-state index in [0.717, 1.165) is 5.56 Å². The lowest BCUT2D eigenvalue weighted by Gasteiger charge is -2.23. The minimum absolute atomic E-state index is 0.192. The molecule has 3 rings (SSSR count). The standard InChI is InChI=1S/C16H15N3O3/c1-10-15(20)19-13-3-2-12(8-14(13)22-10)16(21)18-9-11-4-6-17-7-5-11/h2-8,10H,9H2,1H3,(H,18,21)(H,19,20). The molecule has 0 fully saturated rings. The zero-order chi connectivity index (χ0) is 15.5. The van der Waals surface area contributed by atoms with E-state index in [2.05, 4.69) is 15.6 Å². The van der Waals surface area contributed by atoms with E-state index in [1.165, 1.54) is 0 Å². The number of hydrogen-bond donors (Lipinski definition) is 2. The van der Waals surface area contributed by atoms with Gasteiger partial charge in [0.1, 0.15) is 5.75 Å². The highest BCUT2D eigenvalue weighted by Gasteiger charge is 2.24. The van der Waals surface area contributed by atoms with E-state index < -0.39 is 6.10 Å². The lowest BCUT2D eigenvalue weighted by Crippen LogP contribution is -2.34. The molecule has 112 valence electrons. The Hall–Kier alpha value is -2.89. The van der Waals surface area contributed by atoms with Crippen LogP contribution in [-0.2, 0) is 11.3 Å². The van der Waals surface area contributed by atoms with E-state index in [4.69, 9.17) is 4.74 Å². The van der Waals surface area contributed by atoms with Crippen molar-refractivity contribution in [3.05, 3.63) is 53.9 Å². The molecule has 0 bridgehead atoms. The Bertz CT molecular complexity index is 716. The monoisotopic (exact) mass is 297 g/mol. The normalized spacial score (nSPS) is 16.2. The van der Waals surface area contributed by atoms with Gasteiger partial charge in [0.2, 0.25) is 0 Å². The van der Waals surface area contributed by atoms with E-state index in [-0.39, 0.29) is 11.8 Å². The minimum atomic E-state index is -0.567. The van der Waals surface area contributed by atoms with E-state index in [0.29, 0.717) is 23.5 Å². The molecule has 1 aliphatic heterocycles. The first-order valence-corrected chi connectivity index (χ1v) is 6.92. The first-order chi connectivity index (χ1) is 10.6. The van der Waals surface area contributed by atoms with Crippen molar-refractivity contribution in [2.24, 2.45) is 0 Å². The second-order valence-electron chi connectivity index (χ2n) is 5.00. The van der Waals surface area contributed by atoms with Gasteiger partial charge in [-0.15, -0.1) is 0 Å². The van der Waals surface area contributed by atoms with Crippen LogP contribution in [0, 0.1) is 0 Å². The maximum absolute atomic E-state index is 12.2. The first-order valence-electron chi connectivity index (χ1n) is 6.92. The highest BCUT2D eigenvalue weighted by atomic mass is 16.5. The number of carbonyl (C=O) groups is 2. The van der Waals surface area contributed by atoms with Crippen molar-refractivity contribution < 1.29 is 14.3 Å². The number of amides is 2. The van der Waals surface area contributed by atoms with Crippen LogP contribution >= 0.6 is 0 Å². The quantitative estimate of drug-likeness (QED) is 0.904. The third kappa shape index (κ3) is 2.90. The maximum Gasteiger partial charge on any atom is 0.265 e. The van der Waals surface area contributed by atoms with Crippen molar-refractivity contribution in [3.8, 4) is 5.75 Å². The van der Waals surface area contributed by atoms with E-state index in [1.807, 2.05) is 12.1 Å². The fourth-order valence-corrected chi connectivity index (χ4v) is 2.13. The Morgan fingerprint density at radius 3 is 2.86 bits per heavy atom. The summed E-state index contributed by atoms with van der Waals surface area (Å²) in [6, 6.07) is 8.63. The molecule has 0 saturated carbocycles. The molecule has 0 aliphatic carbocycles. The van der Waals surface area contributed by atoms with E-state index in [1.54, 1.807) is 37.5 Å². The molecule has 1 aliphatic rings. The van der Waals surface area contributed by atoms with Gasteiger partial charge in [-0.2, -0.15) is 0 Å². The number of benzene rings is 1. The molecule has 1 aromatic heterocycles. The highest BCUT2D eigenvalue weighted by Crippen LogP contribution is 2.30. The van der Waals surface area contributed by atoms with Crippen LogP contribution < -0.4 is 15.4 Å². The van der Waals surface area contributed by atoms with Gasteiger partial charge in [0, 0.05) is 24.5 Å². The van der Waals surface area contributed by atoms with Crippen molar-refractivity contribution in [1.82, 2.24) is 10.3 Å². The molecule has 6 nitrogen and oxygen atoms in total. The summed E-state index contributed by atoms with van der Waals surface area (Å²) in [7, 11) is 0. The van der Waals surface area contributed by atoms with Gasteiger partial charge in [0.05, 0.1) is 5.69 Å². The fraction of sp³-hybridized carbons (Fsp3) is 0.188. The van der Waals surface area contributed by atoms with Gasteiger partial charge >= 0.3 is 0 Å². The molecule has 0 spiro atoms. The average molecular weight is 297 g/mol. The van der Waals surface area contributed by atoms with Crippen molar-refractivity contribution in [2.45, 2.75) is 19.6 Å². The summed E-state index contributed by atoms with van der Waals surface area (Å²) in [5, 5.41) is 5.56. The molecule has 0 radical (unpaired) electrons. The molecule has 1 aromatic carbocycles. The number of nitrogens with zero attached hydrogens (tertiary/aromatic N) is 1. The number of nitrogens with one attached hydrogen (secondary N) is 2. The van der Waals surface area contributed by atoms with Gasteiger partial charge in [0.15, 0.2) is 6.10 Å². The van der Waals surface area contributed by atoms with Gasteiger partial charge in [-0.25, -0.2) is 0 Å². The molecule has 22 heavy (non-hydrogen) atoms. The molecule has 0 saturated heterocycles. The number of fused-ring (bicyclic) bond motifs is 1. The lowest BCUT2D eigenvalue weighted by atomic mass is 10.1. The zero-order valence-corrected chi connectivity index (χ0v) is 12.0. The molecular formula is C16H15N3O3. The van der Waals surface area contributed by atoms with Crippen molar-refractivity contribution in [2.75, 3.05) is 5.32 Å². The molecule has 2 amide bonds. The minimum Gasteiger partial charge on any atom is -0.479 e. The number of carbonyl (C=O) groups excluding carboxylic acids is 2. The molecular weight excluding hydrogens is 282 g/mol. The Morgan fingerprint density at radius 2 is 2.09 bits per heavy atom. The van der Waals surface area contributed by atoms with Gasteiger partial charge in [-0.3, -0.25) is 14.6 Å². The number of hydrogen-bond acceptors (Lipinski definition) is 4. The molecule has 2 N–H and O–H groups in total. The van der Waals surface area contributed by atoms with Gasteiger partial charge in [-0.05, 0) is 42.8 Å². The summed E-state index contributed by atoms with van der Waals surface area (Å²) < 4.78 is 5.50. The average Bonchev–Trinajstić information content (AvgIpc) is 2.54. The van der Waals surface area contributed by atoms with Crippen LogP contribution in [0.4, 0.5) is 5.69 Å². The zero-order valence-electron chi connectivity index (χ0n) is 12.0. The number of anilines is 1. The topological polar surface area (TPSA) is 80.3 Å². The Kier molecular flexibility index (Phi) is 3.74. The number of rotatable bonds is 3. The summed E-state index contributed by atoms with van der Waals surface area (Å²) in [4.78, 5) is 27.6. The van der Waals surface area contributed by atoms with Crippen molar-refractivity contribution in [3.63, 3.8) is 0 Å². The SMILES string of the molecule is CC1Oc2cc(C(=O)NCc3ccncc3)ccc2NC1=O. The Morgan fingerprint density at radius 1 is 1.32 bits per heavy atom. The van der Waals surface area contributed by atoms with E-state index in [9.17, 15) is 9.59 Å². The summed E-state index contributed by atoms with van der Waals surface area (Å²) in [5.41, 5.74) is 2.03. The molecule has 1 unspecified atom stereocenters. The van der Waals surface area contributed by atoms with E-state index >= 15 is 0 Å². The Balaban J connectivity index is 1.71. The van der Waals surface area contributed by atoms with Crippen LogP contribution in [0.25, 0.3) is 0 Å². The maximum atomic E-state index is 12.2. The predicted molar refractivity (Wildman–Crippen MR) is 80.6 cm³/mol. The van der Waals surface area contributed by atoms with Gasteiger partial charge in [0.25, 0.3) is 11.8 Å². The van der Waals surface area contributed by atoms with Crippen LogP contribution in [-0.4, -0.2) is 22.9 Å². The Labute approximate surface area is 127 Å². The highest BCUT2D eigenvalue weighted by molar-refractivity contribution is 6.00. The second-order valence-corrected chi connectivity index (χ2v) is 5.00. The summed E-state index contributed by atoms with van der Waals surface area (Å²) in [6.07, 6.45) is 2.79. The van der Waals surface area contributed by atoms with Crippen molar-refractivity contribution >= 4 is 17.5 Å². The molecule has 2 heterocycles. The fourth-order valence-electron chi connectivity index (χ4n) is 2.13. The number of ether oxygens (including phenoxy) is 1. The molecule has 6 heteroatoms.